The third-order valence-electron chi connectivity index (χ3n) is 3.40. The van der Waals surface area contributed by atoms with Gasteiger partial charge in [-0.05, 0) is 49.7 Å². The van der Waals surface area contributed by atoms with Crippen LogP contribution in [0.5, 0.6) is 0 Å². The minimum atomic E-state index is -0.214. The average molecular weight is 300 g/mol. The number of nitrogens with one attached hydrogen (secondary N) is 1. The Morgan fingerprint density at radius 1 is 1.29 bits per heavy atom. The van der Waals surface area contributed by atoms with E-state index in [9.17, 15) is 4.79 Å². The van der Waals surface area contributed by atoms with Gasteiger partial charge in [0, 0.05) is 20.8 Å². The van der Waals surface area contributed by atoms with Crippen LogP contribution in [0, 0.1) is 13.8 Å². The van der Waals surface area contributed by atoms with Gasteiger partial charge in [0.05, 0.1) is 6.54 Å². The fourth-order valence-corrected chi connectivity index (χ4v) is 3.16. The number of thiophene rings is 1. The van der Waals surface area contributed by atoms with Crippen LogP contribution in [0.2, 0.25) is 0 Å². The quantitative estimate of drug-likeness (QED) is 0.726. The fraction of sp³-hybridized carbons (Fsp3) is 0.188. The topological polar surface area (TPSA) is 68.3 Å². The molecule has 3 N–H and O–H groups in total. The molecule has 5 heteroatoms. The molecule has 0 aliphatic rings. The maximum Gasteiger partial charge on any atom is 0.287 e. The van der Waals surface area contributed by atoms with Crippen molar-refractivity contribution in [2.24, 2.45) is 0 Å². The molecule has 0 radical (unpaired) electrons. The van der Waals surface area contributed by atoms with Gasteiger partial charge in [-0.2, -0.15) is 0 Å². The molecule has 0 saturated heterocycles. The Bertz CT molecular complexity index is 797. The molecule has 21 heavy (non-hydrogen) atoms. The van der Waals surface area contributed by atoms with Gasteiger partial charge >= 0.3 is 0 Å². The number of benzene rings is 1. The van der Waals surface area contributed by atoms with Crippen LogP contribution in [0.15, 0.2) is 34.7 Å². The molecule has 0 unspecified atom stereocenters. The highest BCUT2D eigenvalue weighted by Gasteiger charge is 2.12. The van der Waals surface area contributed by atoms with Crippen LogP contribution in [0.25, 0.3) is 11.0 Å². The van der Waals surface area contributed by atoms with E-state index in [1.807, 2.05) is 0 Å². The first-order chi connectivity index (χ1) is 10.0. The van der Waals surface area contributed by atoms with Crippen molar-refractivity contribution in [1.29, 1.82) is 0 Å². The third-order valence-corrected chi connectivity index (χ3v) is 4.56. The van der Waals surface area contributed by atoms with Crippen LogP contribution in [0.1, 0.15) is 25.9 Å². The number of nitrogen functional groups attached to an aromatic ring is 1. The Balaban J connectivity index is 1.74. The highest BCUT2D eigenvalue weighted by atomic mass is 32.1. The third kappa shape index (κ3) is 2.78. The molecule has 2 heterocycles. The number of amides is 1. The van der Waals surface area contributed by atoms with Crippen molar-refractivity contribution in [3.05, 3.63) is 51.4 Å². The lowest BCUT2D eigenvalue weighted by molar-refractivity contribution is 0.0925. The lowest BCUT2D eigenvalue weighted by Gasteiger charge is -2.00. The molecular weight excluding hydrogens is 284 g/mol. The highest BCUT2D eigenvalue weighted by Crippen LogP contribution is 2.23. The number of furan rings is 1. The summed E-state index contributed by atoms with van der Waals surface area (Å²) in [6.07, 6.45) is 0. The van der Waals surface area contributed by atoms with Crippen LogP contribution in [0.3, 0.4) is 0 Å². The maximum absolute atomic E-state index is 12.1. The average Bonchev–Trinajstić information content (AvgIpc) is 3.00. The van der Waals surface area contributed by atoms with Gasteiger partial charge in [-0.25, -0.2) is 0 Å². The Labute approximate surface area is 126 Å². The summed E-state index contributed by atoms with van der Waals surface area (Å²) in [4.78, 5) is 14.5. The van der Waals surface area contributed by atoms with E-state index >= 15 is 0 Å². The maximum atomic E-state index is 12.1. The van der Waals surface area contributed by atoms with Crippen molar-refractivity contribution in [2.75, 3.05) is 5.73 Å². The zero-order valence-corrected chi connectivity index (χ0v) is 12.7. The van der Waals surface area contributed by atoms with Crippen molar-refractivity contribution < 1.29 is 9.21 Å². The Hall–Kier alpha value is -2.27. The van der Waals surface area contributed by atoms with Crippen LogP contribution < -0.4 is 11.1 Å². The number of fused-ring (bicyclic) bond motifs is 1. The summed E-state index contributed by atoms with van der Waals surface area (Å²) in [6.45, 7) is 4.66. The summed E-state index contributed by atoms with van der Waals surface area (Å²) in [6, 6.07) is 9.13. The van der Waals surface area contributed by atoms with E-state index in [1.54, 1.807) is 35.6 Å². The molecule has 4 nitrogen and oxygen atoms in total. The number of aryl methyl sites for hydroxylation is 2. The summed E-state index contributed by atoms with van der Waals surface area (Å²) >= 11 is 1.70. The number of carbonyl (C=O) groups is 1. The summed E-state index contributed by atoms with van der Waals surface area (Å²) in [5, 5.41) is 3.71. The molecule has 1 aromatic carbocycles. The molecule has 108 valence electrons. The molecule has 1 amide bonds. The number of anilines is 1. The standard InChI is InChI=1S/C16H16N2O2S/c1-9-5-13(21-10(9)2)8-18-16(19)15-7-11-6-12(17)3-4-14(11)20-15/h3-7H,8,17H2,1-2H3,(H,18,19). The second kappa shape index (κ2) is 5.26. The summed E-state index contributed by atoms with van der Waals surface area (Å²) in [5.41, 5.74) is 8.29. The predicted octanol–water partition coefficient (Wildman–Crippen LogP) is 3.62. The van der Waals surface area contributed by atoms with Gasteiger partial charge in [-0.3, -0.25) is 4.79 Å². The second-order valence-corrected chi connectivity index (χ2v) is 6.38. The van der Waals surface area contributed by atoms with E-state index in [4.69, 9.17) is 10.2 Å². The Kier molecular flexibility index (Phi) is 3.43. The largest absolute Gasteiger partial charge is 0.451 e. The van der Waals surface area contributed by atoms with Crippen molar-refractivity contribution in [2.45, 2.75) is 20.4 Å². The van der Waals surface area contributed by atoms with Crippen molar-refractivity contribution in [1.82, 2.24) is 5.32 Å². The first-order valence-corrected chi connectivity index (χ1v) is 7.48. The summed E-state index contributed by atoms with van der Waals surface area (Å²) in [5.74, 6) is 0.0917. The van der Waals surface area contributed by atoms with Crippen LogP contribution in [-0.4, -0.2) is 5.91 Å². The van der Waals surface area contributed by atoms with Crippen LogP contribution >= 0.6 is 11.3 Å². The van der Waals surface area contributed by atoms with E-state index < -0.39 is 0 Å². The van der Waals surface area contributed by atoms with E-state index in [0.29, 0.717) is 23.6 Å². The number of rotatable bonds is 3. The number of hydrogen-bond donors (Lipinski definition) is 2. The molecule has 0 atom stereocenters. The zero-order valence-electron chi connectivity index (χ0n) is 11.9. The van der Waals surface area contributed by atoms with E-state index in [0.717, 1.165) is 10.3 Å². The first-order valence-electron chi connectivity index (χ1n) is 6.66. The Morgan fingerprint density at radius 3 is 2.81 bits per heavy atom. The molecule has 0 spiro atoms. The Morgan fingerprint density at radius 2 is 2.10 bits per heavy atom. The minimum absolute atomic E-state index is 0.214. The van der Waals surface area contributed by atoms with Gasteiger partial charge in [0.1, 0.15) is 5.58 Å². The summed E-state index contributed by atoms with van der Waals surface area (Å²) < 4.78 is 5.54. The molecule has 3 aromatic rings. The summed E-state index contributed by atoms with van der Waals surface area (Å²) in [7, 11) is 0. The van der Waals surface area contributed by atoms with Gasteiger partial charge in [0.15, 0.2) is 5.76 Å². The van der Waals surface area contributed by atoms with Crippen molar-refractivity contribution >= 4 is 33.9 Å². The van der Waals surface area contributed by atoms with Gasteiger partial charge < -0.3 is 15.5 Å². The SMILES string of the molecule is Cc1cc(CNC(=O)c2cc3cc(N)ccc3o2)sc1C. The van der Waals surface area contributed by atoms with E-state index in [2.05, 4.69) is 25.2 Å². The smallest absolute Gasteiger partial charge is 0.287 e. The van der Waals surface area contributed by atoms with Gasteiger partial charge in [-0.15, -0.1) is 11.3 Å². The van der Waals surface area contributed by atoms with Crippen LogP contribution in [-0.2, 0) is 6.54 Å². The molecule has 0 bridgehead atoms. The minimum Gasteiger partial charge on any atom is -0.451 e. The lowest BCUT2D eigenvalue weighted by Crippen LogP contribution is -2.21. The van der Waals surface area contributed by atoms with Gasteiger partial charge in [0.2, 0.25) is 0 Å². The molecule has 2 aromatic heterocycles. The van der Waals surface area contributed by atoms with E-state index in [-0.39, 0.29) is 5.91 Å². The second-order valence-electron chi connectivity index (χ2n) is 5.04. The highest BCUT2D eigenvalue weighted by molar-refractivity contribution is 7.12. The van der Waals surface area contributed by atoms with Gasteiger partial charge in [-0.1, -0.05) is 0 Å². The van der Waals surface area contributed by atoms with Crippen molar-refractivity contribution in [3.63, 3.8) is 0 Å². The molecule has 0 fully saturated rings. The monoisotopic (exact) mass is 300 g/mol. The van der Waals surface area contributed by atoms with E-state index in [1.165, 1.54) is 10.4 Å². The molecule has 0 aliphatic heterocycles. The van der Waals surface area contributed by atoms with Crippen LogP contribution in [0.4, 0.5) is 5.69 Å². The lowest BCUT2D eigenvalue weighted by atomic mass is 10.2. The number of carbonyl (C=O) groups excluding carboxylic acids is 1. The van der Waals surface area contributed by atoms with Gasteiger partial charge in [0.25, 0.3) is 5.91 Å². The fourth-order valence-electron chi connectivity index (χ4n) is 2.17. The number of nitrogens with two attached hydrogens (primary N) is 1. The molecule has 3 rings (SSSR count). The van der Waals surface area contributed by atoms with Crippen molar-refractivity contribution in [3.8, 4) is 0 Å². The first kappa shape index (κ1) is 13.7. The molecule has 0 saturated carbocycles. The normalized spacial score (nSPS) is 11.0. The molecular formula is C16H16N2O2S. The predicted molar refractivity (Wildman–Crippen MR) is 85.6 cm³/mol. The molecule has 0 aliphatic carbocycles. The number of hydrogen-bond acceptors (Lipinski definition) is 4. The zero-order chi connectivity index (χ0) is 15.0.